The Labute approximate surface area is 126 Å². The van der Waals surface area contributed by atoms with Crippen molar-refractivity contribution in [3.63, 3.8) is 0 Å². The lowest BCUT2D eigenvalue weighted by Gasteiger charge is -2.34. The molecule has 1 aromatic heterocycles. The molecule has 1 aliphatic heterocycles. The number of hydrogen-bond acceptors (Lipinski definition) is 4. The van der Waals surface area contributed by atoms with Crippen molar-refractivity contribution in [1.82, 2.24) is 10.2 Å². The molecule has 1 fully saturated rings. The average molecular weight is 288 g/mol. The van der Waals surface area contributed by atoms with Crippen molar-refractivity contribution >= 4 is 11.0 Å². The van der Waals surface area contributed by atoms with Crippen molar-refractivity contribution in [2.24, 2.45) is 0 Å². The summed E-state index contributed by atoms with van der Waals surface area (Å²) in [5, 5.41) is 4.55. The molecule has 114 valence electrons. The third kappa shape index (κ3) is 3.28. The molecule has 1 N–H and O–H groups in total. The first-order valence-corrected chi connectivity index (χ1v) is 7.80. The number of nitrogens with zero attached hydrogens (tertiary/aromatic N) is 1. The Morgan fingerprint density at radius 1 is 1.38 bits per heavy atom. The molecule has 1 saturated heterocycles. The minimum atomic E-state index is 0.216. The lowest BCUT2D eigenvalue weighted by molar-refractivity contribution is -0.0325. The Bertz CT molecular complexity index is 548. The first kappa shape index (κ1) is 14.6. The molecule has 1 aliphatic rings. The van der Waals surface area contributed by atoms with Crippen LogP contribution in [0.2, 0.25) is 0 Å². The Balaban J connectivity index is 1.72. The van der Waals surface area contributed by atoms with Crippen LogP contribution in [0, 0.1) is 0 Å². The molecule has 4 heteroatoms. The van der Waals surface area contributed by atoms with Crippen LogP contribution in [0.5, 0.6) is 0 Å². The fourth-order valence-corrected chi connectivity index (χ4v) is 2.95. The first-order valence-electron chi connectivity index (χ1n) is 7.80. The summed E-state index contributed by atoms with van der Waals surface area (Å²) in [5.41, 5.74) is 0.959. The molecule has 2 atom stereocenters. The summed E-state index contributed by atoms with van der Waals surface area (Å²) >= 11 is 0. The van der Waals surface area contributed by atoms with Gasteiger partial charge in [-0.3, -0.25) is 4.90 Å². The fraction of sp³-hybridized carbons (Fsp3) is 0.529. The number of furan rings is 1. The Morgan fingerprint density at radius 3 is 3.00 bits per heavy atom. The van der Waals surface area contributed by atoms with Crippen LogP contribution >= 0.6 is 0 Å². The maximum Gasteiger partial charge on any atom is 0.134 e. The highest BCUT2D eigenvalue weighted by atomic mass is 16.5. The Kier molecular flexibility index (Phi) is 4.58. The van der Waals surface area contributed by atoms with Gasteiger partial charge >= 0.3 is 0 Å². The molecule has 0 radical (unpaired) electrons. The van der Waals surface area contributed by atoms with Crippen molar-refractivity contribution in [1.29, 1.82) is 0 Å². The van der Waals surface area contributed by atoms with Gasteiger partial charge in [-0.15, -0.1) is 0 Å². The summed E-state index contributed by atoms with van der Waals surface area (Å²) in [6, 6.07) is 10.5. The predicted molar refractivity (Wildman–Crippen MR) is 84.5 cm³/mol. The van der Waals surface area contributed by atoms with Gasteiger partial charge in [-0.05, 0) is 25.6 Å². The van der Waals surface area contributed by atoms with Crippen LogP contribution in [0.4, 0.5) is 0 Å². The fourth-order valence-electron chi connectivity index (χ4n) is 2.95. The zero-order valence-electron chi connectivity index (χ0n) is 12.8. The first-order chi connectivity index (χ1) is 10.3. The summed E-state index contributed by atoms with van der Waals surface area (Å²) in [6.45, 7) is 5.97. The normalized spacial score (nSPS) is 21.7. The van der Waals surface area contributed by atoms with Crippen LogP contribution in [0.1, 0.15) is 25.1 Å². The van der Waals surface area contributed by atoms with Crippen LogP contribution in [0.25, 0.3) is 11.0 Å². The van der Waals surface area contributed by atoms with E-state index < -0.39 is 0 Å². The Morgan fingerprint density at radius 2 is 2.24 bits per heavy atom. The number of para-hydroxylation sites is 1. The second-order valence-electron chi connectivity index (χ2n) is 5.69. The van der Waals surface area contributed by atoms with Crippen LogP contribution in [-0.4, -0.2) is 44.3 Å². The number of benzene rings is 1. The molecule has 21 heavy (non-hydrogen) atoms. The SMILES string of the molecule is CCC1CN(CC(NC)c2cc3ccccc3o2)CCO1. The number of likely N-dealkylation sites (N-methyl/N-ethyl adjacent to an activating group) is 1. The van der Waals surface area contributed by atoms with E-state index in [1.54, 1.807) is 0 Å². The second-order valence-corrected chi connectivity index (χ2v) is 5.69. The van der Waals surface area contributed by atoms with E-state index >= 15 is 0 Å². The number of nitrogens with one attached hydrogen (secondary N) is 1. The van der Waals surface area contributed by atoms with Gasteiger partial charge in [0.05, 0.1) is 18.8 Å². The number of morpholine rings is 1. The highest BCUT2D eigenvalue weighted by Gasteiger charge is 2.23. The van der Waals surface area contributed by atoms with E-state index in [9.17, 15) is 0 Å². The molecule has 1 aromatic carbocycles. The van der Waals surface area contributed by atoms with Gasteiger partial charge in [0.2, 0.25) is 0 Å². The molecule has 2 heterocycles. The smallest absolute Gasteiger partial charge is 0.134 e. The van der Waals surface area contributed by atoms with E-state index in [1.807, 2.05) is 25.2 Å². The van der Waals surface area contributed by atoms with Crippen molar-refractivity contribution in [3.8, 4) is 0 Å². The number of fused-ring (bicyclic) bond motifs is 1. The van der Waals surface area contributed by atoms with E-state index in [-0.39, 0.29) is 6.04 Å². The van der Waals surface area contributed by atoms with Crippen LogP contribution in [0.15, 0.2) is 34.7 Å². The largest absolute Gasteiger partial charge is 0.459 e. The van der Waals surface area contributed by atoms with E-state index in [4.69, 9.17) is 9.15 Å². The van der Waals surface area contributed by atoms with Gasteiger partial charge in [0.1, 0.15) is 11.3 Å². The monoisotopic (exact) mass is 288 g/mol. The summed E-state index contributed by atoms with van der Waals surface area (Å²) in [7, 11) is 2.00. The van der Waals surface area contributed by atoms with Gasteiger partial charge in [-0.1, -0.05) is 25.1 Å². The summed E-state index contributed by atoms with van der Waals surface area (Å²) in [4.78, 5) is 2.46. The quantitative estimate of drug-likeness (QED) is 0.918. The summed E-state index contributed by atoms with van der Waals surface area (Å²) in [6.07, 6.45) is 1.44. The van der Waals surface area contributed by atoms with E-state index in [0.29, 0.717) is 6.10 Å². The molecule has 2 aromatic rings. The zero-order chi connectivity index (χ0) is 14.7. The Hall–Kier alpha value is -1.36. The second kappa shape index (κ2) is 6.60. The predicted octanol–water partition coefficient (Wildman–Crippen LogP) is 2.80. The van der Waals surface area contributed by atoms with Gasteiger partial charge in [0.25, 0.3) is 0 Å². The summed E-state index contributed by atoms with van der Waals surface area (Å²) in [5.74, 6) is 1.01. The lowest BCUT2D eigenvalue weighted by atomic mass is 10.1. The van der Waals surface area contributed by atoms with Crippen LogP contribution in [-0.2, 0) is 4.74 Å². The maximum atomic E-state index is 6.00. The van der Waals surface area contributed by atoms with Crippen molar-refractivity contribution in [3.05, 3.63) is 36.1 Å². The van der Waals surface area contributed by atoms with E-state index in [0.717, 1.165) is 44.0 Å². The van der Waals surface area contributed by atoms with Gasteiger partial charge in [-0.2, -0.15) is 0 Å². The molecule has 0 amide bonds. The highest BCUT2D eigenvalue weighted by Crippen LogP contribution is 2.24. The molecular formula is C17H24N2O2. The molecule has 0 aliphatic carbocycles. The van der Waals surface area contributed by atoms with Crippen LogP contribution in [0.3, 0.4) is 0 Å². The molecule has 3 rings (SSSR count). The third-order valence-corrected chi connectivity index (χ3v) is 4.26. The minimum Gasteiger partial charge on any atom is -0.459 e. The molecule has 0 spiro atoms. The van der Waals surface area contributed by atoms with Crippen LogP contribution < -0.4 is 5.32 Å². The van der Waals surface area contributed by atoms with E-state index in [2.05, 4.69) is 29.3 Å². The topological polar surface area (TPSA) is 37.6 Å². The van der Waals surface area contributed by atoms with E-state index in [1.165, 1.54) is 5.39 Å². The minimum absolute atomic E-state index is 0.216. The molecule has 4 nitrogen and oxygen atoms in total. The average Bonchev–Trinajstić information content (AvgIpc) is 2.96. The van der Waals surface area contributed by atoms with Gasteiger partial charge in [-0.25, -0.2) is 0 Å². The highest BCUT2D eigenvalue weighted by molar-refractivity contribution is 5.77. The zero-order valence-corrected chi connectivity index (χ0v) is 12.8. The number of rotatable bonds is 5. The standard InChI is InChI=1S/C17H24N2O2/c1-3-14-11-19(8-9-20-14)12-15(18-2)17-10-13-6-4-5-7-16(13)21-17/h4-7,10,14-15,18H,3,8-9,11-12H2,1-2H3. The van der Waals surface area contributed by atoms with Gasteiger partial charge in [0, 0.05) is 25.0 Å². The molecule has 0 bridgehead atoms. The number of ether oxygens (including phenoxy) is 1. The molecule has 0 saturated carbocycles. The number of hydrogen-bond donors (Lipinski definition) is 1. The van der Waals surface area contributed by atoms with Gasteiger partial charge < -0.3 is 14.5 Å². The maximum absolute atomic E-state index is 6.00. The summed E-state index contributed by atoms with van der Waals surface area (Å²) < 4.78 is 11.7. The van der Waals surface area contributed by atoms with Crippen molar-refractivity contribution in [2.45, 2.75) is 25.5 Å². The van der Waals surface area contributed by atoms with Crippen molar-refractivity contribution in [2.75, 3.05) is 33.3 Å². The third-order valence-electron chi connectivity index (χ3n) is 4.26. The molecular weight excluding hydrogens is 264 g/mol. The molecule has 2 unspecified atom stereocenters. The lowest BCUT2D eigenvalue weighted by Crippen LogP contribution is -2.45. The van der Waals surface area contributed by atoms with Gasteiger partial charge in [0.15, 0.2) is 0 Å². The van der Waals surface area contributed by atoms with Crippen molar-refractivity contribution < 1.29 is 9.15 Å².